The molecule has 1 amide bonds. The van der Waals surface area contributed by atoms with Crippen molar-refractivity contribution in [3.05, 3.63) is 158 Å². The lowest BCUT2D eigenvalue weighted by Gasteiger charge is -2.19. The number of allylic oxidation sites excluding steroid dienone is 25. The van der Waals surface area contributed by atoms with E-state index >= 15 is 0 Å². The van der Waals surface area contributed by atoms with Gasteiger partial charge in [-0.1, -0.05) is 275 Å². The van der Waals surface area contributed by atoms with E-state index in [0.29, 0.717) is 6.42 Å². The molecule has 0 fully saturated rings. The van der Waals surface area contributed by atoms with Crippen LogP contribution in [0.3, 0.4) is 0 Å². The number of carbonyl (C=O) groups excluding carboxylic acids is 1. The first-order valence-electron chi connectivity index (χ1n) is 29.2. The predicted molar refractivity (Wildman–Crippen MR) is 317 cm³/mol. The summed E-state index contributed by atoms with van der Waals surface area (Å²) < 4.78 is 0. The van der Waals surface area contributed by atoms with Gasteiger partial charge in [0.2, 0.25) is 5.91 Å². The van der Waals surface area contributed by atoms with Crippen LogP contribution in [0.5, 0.6) is 0 Å². The van der Waals surface area contributed by atoms with Crippen LogP contribution in [0.4, 0.5) is 0 Å². The number of hydrogen-bond donors (Lipinski definition) is 3. The second-order valence-electron chi connectivity index (χ2n) is 19.0. The van der Waals surface area contributed by atoms with E-state index in [1.807, 2.05) is 6.08 Å². The van der Waals surface area contributed by atoms with Crippen molar-refractivity contribution in [2.75, 3.05) is 6.61 Å². The Morgan fingerprint density at radius 1 is 0.352 bits per heavy atom. The van der Waals surface area contributed by atoms with E-state index in [4.69, 9.17) is 0 Å². The van der Waals surface area contributed by atoms with E-state index < -0.39 is 12.1 Å². The summed E-state index contributed by atoms with van der Waals surface area (Å²) in [5, 5.41) is 23.1. The van der Waals surface area contributed by atoms with E-state index in [9.17, 15) is 15.0 Å². The van der Waals surface area contributed by atoms with Gasteiger partial charge in [0.05, 0.1) is 18.8 Å². The van der Waals surface area contributed by atoms with Crippen LogP contribution in [-0.4, -0.2) is 34.9 Å². The van der Waals surface area contributed by atoms with Crippen LogP contribution in [0.2, 0.25) is 0 Å². The van der Waals surface area contributed by atoms with Crippen molar-refractivity contribution >= 4 is 5.91 Å². The van der Waals surface area contributed by atoms with E-state index in [2.05, 4.69) is 165 Å². The lowest BCUT2D eigenvalue weighted by Crippen LogP contribution is -2.45. The second kappa shape index (κ2) is 60.3. The summed E-state index contributed by atoms with van der Waals surface area (Å²) in [5.41, 5.74) is 0. The molecule has 2 atom stereocenters. The molecular formula is C67H109NO3. The Morgan fingerprint density at radius 2 is 0.634 bits per heavy atom. The van der Waals surface area contributed by atoms with Gasteiger partial charge >= 0.3 is 0 Å². The molecule has 0 saturated heterocycles. The molecule has 0 rings (SSSR count). The van der Waals surface area contributed by atoms with Crippen molar-refractivity contribution in [1.82, 2.24) is 5.32 Å². The number of rotatable bonds is 51. The smallest absolute Gasteiger partial charge is 0.220 e. The number of aliphatic hydroxyl groups is 2. The number of aliphatic hydroxyl groups excluding tert-OH is 2. The third kappa shape index (κ3) is 56.8. The molecule has 2 unspecified atom stereocenters. The fraction of sp³-hybridized carbons (Fsp3) is 0.597. The molecule has 0 saturated carbocycles. The molecule has 3 N–H and O–H groups in total. The summed E-state index contributed by atoms with van der Waals surface area (Å²) >= 11 is 0. The van der Waals surface area contributed by atoms with Gasteiger partial charge in [0.15, 0.2) is 0 Å². The summed E-state index contributed by atoms with van der Waals surface area (Å²) in [6, 6.07) is -0.662. The van der Waals surface area contributed by atoms with Gasteiger partial charge < -0.3 is 15.5 Å². The van der Waals surface area contributed by atoms with E-state index in [1.54, 1.807) is 6.08 Å². The van der Waals surface area contributed by atoms with E-state index in [-0.39, 0.29) is 12.5 Å². The summed E-state index contributed by atoms with van der Waals surface area (Å²) in [5.74, 6) is -0.0985. The zero-order chi connectivity index (χ0) is 51.3. The molecule has 0 aliphatic rings. The van der Waals surface area contributed by atoms with Gasteiger partial charge in [0, 0.05) is 6.42 Å². The van der Waals surface area contributed by atoms with Crippen molar-refractivity contribution in [1.29, 1.82) is 0 Å². The molecule has 0 aromatic heterocycles. The Hall–Kier alpha value is -3.99. The SMILES string of the molecule is CC/C=C\C/C=C\C/C=C\C/C=C\C/C=C\C/C=C\C/C=C\C/C=C\C/C=C\C/C=C\C/C=C\CCCCCCCC(=O)NC(CO)C(O)/C=C/CC/C=C/CCCCCCCCCCCCCCCC. The summed E-state index contributed by atoms with van der Waals surface area (Å²) in [7, 11) is 0. The summed E-state index contributed by atoms with van der Waals surface area (Å²) in [6.45, 7) is 4.17. The van der Waals surface area contributed by atoms with Gasteiger partial charge in [0.1, 0.15) is 0 Å². The van der Waals surface area contributed by atoms with Crippen LogP contribution in [-0.2, 0) is 4.79 Å². The fourth-order valence-corrected chi connectivity index (χ4v) is 7.85. The normalized spacial score (nSPS) is 14.0. The van der Waals surface area contributed by atoms with Gasteiger partial charge in [-0.25, -0.2) is 0 Å². The van der Waals surface area contributed by atoms with Crippen molar-refractivity contribution in [2.45, 2.75) is 251 Å². The minimum Gasteiger partial charge on any atom is -0.394 e. The molecule has 0 bridgehead atoms. The average molecular weight is 977 g/mol. The minimum atomic E-state index is -0.883. The lowest BCUT2D eigenvalue weighted by molar-refractivity contribution is -0.123. The van der Waals surface area contributed by atoms with Gasteiger partial charge in [-0.05, 0) is 116 Å². The van der Waals surface area contributed by atoms with Crippen molar-refractivity contribution in [2.24, 2.45) is 0 Å². The van der Waals surface area contributed by atoms with Gasteiger partial charge in [0.25, 0.3) is 0 Å². The Kier molecular flexibility index (Phi) is 56.9. The van der Waals surface area contributed by atoms with Crippen LogP contribution >= 0.6 is 0 Å². The maximum absolute atomic E-state index is 12.5. The highest BCUT2D eigenvalue weighted by molar-refractivity contribution is 5.76. The first kappa shape index (κ1) is 67.0. The maximum Gasteiger partial charge on any atom is 0.220 e. The molecule has 0 spiro atoms. The standard InChI is InChI=1S/C67H109NO3/c1-3-5-7-9-11-13-15-17-19-21-23-25-26-27-28-29-30-31-32-33-34-35-36-37-38-39-40-41-42-43-45-47-49-51-53-55-57-59-61-63-67(71)68-65(64-69)66(70)62-60-58-56-54-52-50-48-46-44-24-22-20-18-16-14-12-10-8-6-4-2/h5,7,11,13,17,19,23,25,27-28,30-31,33-34,36-37,39-40,42-43,47,49,52,54,60,62,65-66,69-70H,3-4,6,8-10,12,14-16,18,20-22,24,26,29,32,35,38,41,44-46,48,50-51,53,55-59,61,63-64H2,1-2H3,(H,68,71)/b7-5-,13-11-,19-17-,25-23-,28-27-,31-30-,34-33-,37-36-,40-39-,43-42-,49-47-,54-52+,62-60+. The summed E-state index contributed by atoms with van der Waals surface area (Å²) in [4.78, 5) is 12.5. The molecule has 4 nitrogen and oxygen atoms in total. The quantitative estimate of drug-likeness (QED) is 0.0420. The number of unbranched alkanes of at least 4 members (excludes halogenated alkanes) is 20. The molecule has 400 valence electrons. The van der Waals surface area contributed by atoms with E-state index in [1.165, 1.54) is 103 Å². The molecule has 0 heterocycles. The van der Waals surface area contributed by atoms with Crippen molar-refractivity contribution in [3.8, 4) is 0 Å². The topological polar surface area (TPSA) is 69.6 Å². The van der Waals surface area contributed by atoms with Crippen LogP contribution in [0.1, 0.15) is 239 Å². The van der Waals surface area contributed by atoms with Crippen LogP contribution in [0.15, 0.2) is 158 Å². The number of carbonyl (C=O) groups is 1. The van der Waals surface area contributed by atoms with Gasteiger partial charge in [-0.2, -0.15) is 0 Å². The van der Waals surface area contributed by atoms with Crippen molar-refractivity contribution in [3.63, 3.8) is 0 Å². The van der Waals surface area contributed by atoms with Crippen LogP contribution in [0.25, 0.3) is 0 Å². The molecule has 71 heavy (non-hydrogen) atoms. The Bertz CT molecular complexity index is 1530. The zero-order valence-corrected chi connectivity index (χ0v) is 45.9. The average Bonchev–Trinajstić information content (AvgIpc) is 3.37. The zero-order valence-electron chi connectivity index (χ0n) is 45.9. The largest absolute Gasteiger partial charge is 0.394 e. The highest BCUT2D eigenvalue weighted by Gasteiger charge is 2.17. The molecular weight excluding hydrogens is 867 g/mol. The highest BCUT2D eigenvalue weighted by atomic mass is 16.3. The van der Waals surface area contributed by atoms with Gasteiger partial charge in [-0.15, -0.1) is 0 Å². The molecule has 4 heteroatoms. The monoisotopic (exact) mass is 976 g/mol. The Morgan fingerprint density at radius 3 is 0.986 bits per heavy atom. The predicted octanol–water partition coefficient (Wildman–Crippen LogP) is 19.7. The number of hydrogen-bond acceptors (Lipinski definition) is 3. The van der Waals surface area contributed by atoms with E-state index in [0.717, 1.165) is 116 Å². The first-order valence-corrected chi connectivity index (χ1v) is 29.2. The van der Waals surface area contributed by atoms with Crippen LogP contribution in [0, 0.1) is 0 Å². The minimum absolute atomic E-state index is 0.0985. The third-order valence-corrected chi connectivity index (χ3v) is 12.2. The fourth-order valence-electron chi connectivity index (χ4n) is 7.85. The Balaban J connectivity index is 3.71. The van der Waals surface area contributed by atoms with Crippen molar-refractivity contribution < 1.29 is 15.0 Å². The van der Waals surface area contributed by atoms with Crippen LogP contribution < -0.4 is 5.32 Å². The highest BCUT2D eigenvalue weighted by Crippen LogP contribution is 2.14. The summed E-state index contributed by atoms with van der Waals surface area (Å²) in [6.07, 6.45) is 96.8. The first-order chi connectivity index (χ1) is 35.2. The molecule has 0 aromatic rings. The number of amides is 1. The molecule has 0 aliphatic carbocycles. The van der Waals surface area contributed by atoms with Gasteiger partial charge in [-0.3, -0.25) is 4.79 Å². The third-order valence-electron chi connectivity index (χ3n) is 12.2. The number of nitrogens with one attached hydrogen (secondary N) is 1. The second-order valence-corrected chi connectivity index (χ2v) is 19.0. The lowest BCUT2D eigenvalue weighted by atomic mass is 10.0. The maximum atomic E-state index is 12.5. The Labute approximate surface area is 439 Å². The molecule has 0 radical (unpaired) electrons. The molecule has 0 aliphatic heterocycles. The molecule has 0 aromatic carbocycles.